The van der Waals surface area contributed by atoms with Crippen LogP contribution in [0.5, 0.6) is 0 Å². The number of aromatic nitrogens is 1. The van der Waals surface area contributed by atoms with Gasteiger partial charge in [0.25, 0.3) is 0 Å². The van der Waals surface area contributed by atoms with Gasteiger partial charge in [-0.3, -0.25) is 9.69 Å². The largest absolute Gasteiger partial charge is 0.459 e. The molecule has 1 aromatic carbocycles. The number of rotatable bonds is 3. The van der Waals surface area contributed by atoms with Crippen molar-refractivity contribution in [3.05, 3.63) is 36.0 Å². The smallest absolute Gasteiger partial charge is 0.340 e. The molecule has 0 amide bonds. The van der Waals surface area contributed by atoms with E-state index in [1.54, 1.807) is 6.20 Å². The van der Waals surface area contributed by atoms with E-state index in [4.69, 9.17) is 4.74 Å². The van der Waals surface area contributed by atoms with Crippen LogP contribution in [0.3, 0.4) is 0 Å². The number of ketones is 1. The Kier molecular flexibility index (Phi) is 4.34. The molecular formula is C20H24N2O3. The van der Waals surface area contributed by atoms with Crippen LogP contribution in [0.25, 0.3) is 10.9 Å². The molecule has 3 heterocycles. The number of nitrogens with one attached hydrogen (secondary N) is 1. The lowest BCUT2D eigenvalue weighted by Gasteiger charge is -2.46. The van der Waals surface area contributed by atoms with Crippen molar-refractivity contribution in [2.24, 2.45) is 0 Å². The number of benzene rings is 1. The van der Waals surface area contributed by atoms with Crippen molar-refractivity contribution in [3.8, 4) is 0 Å². The molecule has 0 aliphatic carbocycles. The Balaban J connectivity index is 1.49. The SMILES string of the molecule is CC[C@H]1CC(OC(=O)c2c[nH]c3ccccc23)C[C@H]2CCC(=O)CN21. The molecule has 132 valence electrons. The number of hydrogen-bond acceptors (Lipinski definition) is 4. The van der Waals surface area contributed by atoms with Gasteiger partial charge < -0.3 is 9.72 Å². The van der Waals surface area contributed by atoms with E-state index in [0.717, 1.165) is 36.6 Å². The van der Waals surface area contributed by atoms with Crippen molar-refractivity contribution >= 4 is 22.7 Å². The summed E-state index contributed by atoms with van der Waals surface area (Å²) in [6.07, 6.45) is 5.83. The lowest BCUT2D eigenvalue weighted by Crippen LogP contribution is -2.55. The predicted octanol–water partition coefficient (Wildman–Crippen LogP) is 3.30. The Morgan fingerprint density at radius 1 is 1.32 bits per heavy atom. The maximum atomic E-state index is 12.7. The molecule has 0 radical (unpaired) electrons. The van der Waals surface area contributed by atoms with Crippen LogP contribution in [-0.4, -0.2) is 46.4 Å². The number of fused-ring (bicyclic) bond motifs is 2. The maximum absolute atomic E-state index is 12.7. The van der Waals surface area contributed by atoms with Crippen LogP contribution in [0, 0.1) is 0 Å². The van der Waals surface area contributed by atoms with E-state index in [-0.39, 0.29) is 12.1 Å². The minimum absolute atomic E-state index is 0.0689. The van der Waals surface area contributed by atoms with Crippen molar-refractivity contribution in [1.29, 1.82) is 0 Å². The monoisotopic (exact) mass is 340 g/mol. The van der Waals surface area contributed by atoms with E-state index >= 15 is 0 Å². The summed E-state index contributed by atoms with van der Waals surface area (Å²) < 4.78 is 5.88. The molecule has 5 heteroatoms. The van der Waals surface area contributed by atoms with Crippen LogP contribution in [0.15, 0.2) is 30.5 Å². The second-order valence-corrected chi connectivity index (χ2v) is 7.21. The van der Waals surface area contributed by atoms with Crippen molar-refractivity contribution < 1.29 is 14.3 Å². The van der Waals surface area contributed by atoms with Gasteiger partial charge in [-0.15, -0.1) is 0 Å². The fourth-order valence-corrected chi connectivity index (χ4v) is 4.38. The molecule has 1 aromatic heterocycles. The molecule has 2 fully saturated rings. The van der Waals surface area contributed by atoms with Gasteiger partial charge in [0.15, 0.2) is 0 Å². The van der Waals surface area contributed by atoms with E-state index < -0.39 is 0 Å². The highest BCUT2D eigenvalue weighted by atomic mass is 16.5. The third-order valence-electron chi connectivity index (χ3n) is 5.68. The Morgan fingerprint density at radius 2 is 2.16 bits per heavy atom. The van der Waals surface area contributed by atoms with Crippen molar-refractivity contribution in [3.63, 3.8) is 0 Å². The number of ether oxygens (including phenoxy) is 1. The zero-order valence-electron chi connectivity index (χ0n) is 14.5. The molecule has 1 unspecified atom stereocenters. The molecule has 3 atom stereocenters. The van der Waals surface area contributed by atoms with E-state index in [9.17, 15) is 9.59 Å². The minimum Gasteiger partial charge on any atom is -0.459 e. The summed E-state index contributed by atoms with van der Waals surface area (Å²) >= 11 is 0. The maximum Gasteiger partial charge on any atom is 0.340 e. The fourth-order valence-electron chi connectivity index (χ4n) is 4.38. The molecule has 0 spiro atoms. The molecule has 2 aromatic rings. The first-order valence-corrected chi connectivity index (χ1v) is 9.20. The van der Waals surface area contributed by atoms with E-state index in [0.29, 0.717) is 36.4 Å². The summed E-state index contributed by atoms with van der Waals surface area (Å²) in [5.41, 5.74) is 1.55. The Morgan fingerprint density at radius 3 is 3.00 bits per heavy atom. The first kappa shape index (κ1) is 16.3. The number of para-hydroxylation sites is 1. The summed E-state index contributed by atoms with van der Waals surface area (Å²) in [5, 5.41) is 0.903. The Labute approximate surface area is 147 Å². The second kappa shape index (κ2) is 6.64. The molecular weight excluding hydrogens is 316 g/mol. The van der Waals surface area contributed by atoms with Gasteiger partial charge in [-0.2, -0.15) is 0 Å². The van der Waals surface area contributed by atoms with Gasteiger partial charge in [0.05, 0.1) is 12.1 Å². The number of hydrogen-bond donors (Lipinski definition) is 1. The number of esters is 1. The van der Waals surface area contributed by atoms with E-state index in [1.165, 1.54) is 0 Å². The third kappa shape index (κ3) is 3.09. The molecule has 4 rings (SSSR count). The standard InChI is InChI=1S/C20H24N2O3/c1-2-13-9-16(10-14-7-8-15(23)12-22(13)14)25-20(24)18-11-21-19-6-4-3-5-17(18)19/h3-6,11,13-14,16,21H,2,7-10,12H2,1H3/t13-,14+,16?/m0/s1. The van der Waals surface area contributed by atoms with Crippen LogP contribution in [0.4, 0.5) is 0 Å². The molecule has 1 N–H and O–H groups in total. The normalized spacial score (nSPS) is 27.2. The van der Waals surface area contributed by atoms with Crippen molar-refractivity contribution in [2.45, 2.75) is 57.2 Å². The lowest BCUT2D eigenvalue weighted by molar-refractivity contribution is -0.128. The van der Waals surface area contributed by atoms with E-state index in [2.05, 4.69) is 16.8 Å². The quantitative estimate of drug-likeness (QED) is 0.871. The van der Waals surface area contributed by atoms with Gasteiger partial charge in [0.2, 0.25) is 0 Å². The number of Topliss-reactive ketones (excluding diaryl/α,β-unsaturated/α-hetero) is 1. The number of nitrogens with zero attached hydrogens (tertiary/aromatic N) is 1. The average Bonchev–Trinajstić information content (AvgIpc) is 3.05. The van der Waals surface area contributed by atoms with Gasteiger partial charge in [-0.05, 0) is 18.9 Å². The number of carbonyl (C=O) groups excluding carboxylic acids is 2. The first-order chi connectivity index (χ1) is 12.2. The summed E-state index contributed by atoms with van der Waals surface area (Å²) in [6.45, 7) is 2.71. The summed E-state index contributed by atoms with van der Waals surface area (Å²) in [6, 6.07) is 8.45. The average molecular weight is 340 g/mol. The molecule has 5 nitrogen and oxygen atoms in total. The van der Waals surface area contributed by atoms with Crippen LogP contribution < -0.4 is 0 Å². The third-order valence-corrected chi connectivity index (χ3v) is 5.68. The van der Waals surface area contributed by atoms with Crippen molar-refractivity contribution in [1.82, 2.24) is 9.88 Å². The summed E-state index contributed by atoms with van der Waals surface area (Å²) in [5.74, 6) is 0.0848. The van der Waals surface area contributed by atoms with Gasteiger partial charge in [0, 0.05) is 48.4 Å². The molecule has 0 bridgehead atoms. The summed E-state index contributed by atoms with van der Waals surface area (Å²) in [4.78, 5) is 29.9. The Bertz CT molecular complexity index is 789. The molecule has 25 heavy (non-hydrogen) atoms. The number of carbonyl (C=O) groups is 2. The van der Waals surface area contributed by atoms with E-state index in [1.807, 2.05) is 24.3 Å². The number of aromatic amines is 1. The molecule has 0 saturated carbocycles. The molecule has 2 aliphatic heterocycles. The van der Waals surface area contributed by atoms with Crippen LogP contribution in [0.2, 0.25) is 0 Å². The zero-order chi connectivity index (χ0) is 17.4. The van der Waals surface area contributed by atoms with Crippen LogP contribution in [-0.2, 0) is 9.53 Å². The van der Waals surface area contributed by atoms with Gasteiger partial charge >= 0.3 is 5.97 Å². The first-order valence-electron chi connectivity index (χ1n) is 9.20. The zero-order valence-corrected chi connectivity index (χ0v) is 14.5. The highest BCUT2D eigenvalue weighted by molar-refractivity contribution is 6.04. The second-order valence-electron chi connectivity index (χ2n) is 7.21. The van der Waals surface area contributed by atoms with Crippen LogP contribution >= 0.6 is 0 Å². The molecule has 2 saturated heterocycles. The fraction of sp³-hybridized carbons (Fsp3) is 0.500. The Hall–Kier alpha value is -2.14. The predicted molar refractivity (Wildman–Crippen MR) is 95.6 cm³/mol. The molecule has 2 aliphatic rings. The highest BCUT2D eigenvalue weighted by Gasteiger charge is 2.39. The lowest BCUT2D eigenvalue weighted by atomic mass is 9.86. The van der Waals surface area contributed by atoms with Crippen LogP contribution in [0.1, 0.15) is 49.4 Å². The number of H-pyrrole nitrogens is 1. The minimum atomic E-state index is -0.252. The van der Waals surface area contributed by atoms with Gasteiger partial charge in [0.1, 0.15) is 11.9 Å². The van der Waals surface area contributed by atoms with Crippen molar-refractivity contribution in [2.75, 3.05) is 6.54 Å². The van der Waals surface area contributed by atoms with Gasteiger partial charge in [-0.25, -0.2) is 4.79 Å². The summed E-state index contributed by atoms with van der Waals surface area (Å²) in [7, 11) is 0. The topological polar surface area (TPSA) is 62.4 Å². The van der Waals surface area contributed by atoms with Gasteiger partial charge in [-0.1, -0.05) is 25.1 Å². The number of piperidine rings is 2. The highest BCUT2D eigenvalue weighted by Crippen LogP contribution is 2.33.